The van der Waals surface area contributed by atoms with E-state index in [2.05, 4.69) is 5.32 Å². The van der Waals surface area contributed by atoms with Gasteiger partial charge in [-0.2, -0.15) is 13.2 Å². The summed E-state index contributed by atoms with van der Waals surface area (Å²) in [5.41, 5.74) is -0.461. The average molecular weight is 216 g/mol. The maximum atomic E-state index is 11.9. The minimum atomic E-state index is -4.14. The molecule has 0 aromatic carbocycles. The maximum Gasteiger partial charge on any atom is 0.401 e. The molecule has 0 bridgehead atoms. The van der Waals surface area contributed by atoms with Crippen LogP contribution in [-0.4, -0.2) is 24.1 Å². The minimum Gasteiger partial charge on any atom is -0.302 e. The maximum absolute atomic E-state index is 11.9. The first-order valence-corrected chi connectivity index (χ1v) is 4.89. The summed E-state index contributed by atoms with van der Waals surface area (Å²) in [7, 11) is 0. The smallest absolute Gasteiger partial charge is 0.302 e. The fourth-order valence-electron chi connectivity index (χ4n) is 1.70. The third-order valence-corrected chi connectivity index (χ3v) is 2.99. The lowest BCUT2D eigenvalue weighted by molar-refractivity contribution is -0.128. The van der Waals surface area contributed by atoms with Gasteiger partial charge in [-0.15, -0.1) is 11.6 Å². The molecule has 1 nitrogen and oxygen atoms in total. The molecule has 1 fully saturated rings. The van der Waals surface area contributed by atoms with Gasteiger partial charge in [-0.05, 0) is 12.8 Å². The predicted octanol–water partition coefficient (Wildman–Crippen LogP) is 2.69. The molecular weight excluding hydrogens is 203 g/mol. The number of hydrogen-bond acceptors (Lipinski definition) is 1. The van der Waals surface area contributed by atoms with Crippen LogP contribution in [0.5, 0.6) is 0 Å². The van der Waals surface area contributed by atoms with E-state index >= 15 is 0 Å². The molecule has 1 N–H and O–H groups in total. The average Bonchev–Trinajstić information content (AvgIpc) is 2.49. The van der Waals surface area contributed by atoms with Gasteiger partial charge < -0.3 is 5.32 Å². The Labute approximate surface area is 80.6 Å². The fraction of sp³-hybridized carbons (Fsp3) is 1.00. The van der Waals surface area contributed by atoms with Crippen molar-refractivity contribution in [3.63, 3.8) is 0 Å². The van der Waals surface area contributed by atoms with Crippen LogP contribution < -0.4 is 5.32 Å². The molecule has 5 heteroatoms. The lowest BCUT2D eigenvalue weighted by atomic mass is 10.0. The molecule has 0 heterocycles. The van der Waals surface area contributed by atoms with Crippen LogP contribution >= 0.6 is 11.6 Å². The molecule has 1 aliphatic carbocycles. The Morgan fingerprint density at radius 1 is 1.23 bits per heavy atom. The standard InChI is InChI=1S/C8H13ClF3N/c9-5-7(3-1-2-4-7)13-6-8(10,11)12/h13H,1-6H2. The summed E-state index contributed by atoms with van der Waals surface area (Å²) in [5, 5.41) is 2.53. The van der Waals surface area contributed by atoms with Crippen molar-refractivity contribution in [2.75, 3.05) is 12.4 Å². The zero-order valence-corrected chi connectivity index (χ0v) is 8.01. The zero-order valence-electron chi connectivity index (χ0n) is 7.25. The first kappa shape index (κ1) is 11.1. The Hall–Kier alpha value is 0.0400. The highest BCUT2D eigenvalue weighted by Crippen LogP contribution is 2.31. The highest BCUT2D eigenvalue weighted by molar-refractivity contribution is 6.18. The molecule has 1 aliphatic rings. The van der Waals surface area contributed by atoms with Crippen molar-refractivity contribution in [3.05, 3.63) is 0 Å². The van der Waals surface area contributed by atoms with Crippen molar-refractivity contribution in [3.8, 4) is 0 Å². The van der Waals surface area contributed by atoms with Crippen molar-refractivity contribution in [1.29, 1.82) is 0 Å². The van der Waals surface area contributed by atoms with Gasteiger partial charge in [0.25, 0.3) is 0 Å². The van der Waals surface area contributed by atoms with E-state index in [1.54, 1.807) is 0 Å². The quantitative estimate of drug-likeness (QED) is 0.714. The van der Waals surface area contributed by atoms with E-state index in [1.165, 1.54) is 0 Å². The van der Waals surface area contributed by atoms with Gasteiger partial charge in [0, 0.05) is 11.4 Å². The number of rotatable bonds is 3. The van der Waals surface area contributed by atoms with E-state index in [0.29, 0.717) is 0 Å². The Kier molecular flexibility index (Phi) is 3.46. The van der Waals surface area contributed by atoms with Gasteiger partial charge in [0.05, 0.1) is 6.54 Å². The number of nitrogens with one attached hydrogen (secondary N) is 1. The van der Waals surface area contributed by atoms with Crippen LogP contribution in [0.1, 0.15) is 25.7 Å². The Bertz CT molecular complexity index is 163. The van der Waals surface area contributed by atoms with Crippen molar-refractivity contribution in [1.82, 2.24) is 5.32 Å². The van der Waals surface area contributed by atoms with E-state index in [1.807, 2.05) is 0 Å². The summed E-state index contributed by atoms with van der Waals surface area (Å²) < 4.78 is 35.7. The van der Waals surface area contributed by atoms with E-state index in [9.17, 15) is 13.2 Å². The monoisotopic (exact) mass is 215 g/mol. The first-order valence-electron chi connectivity index (χ1n) is 4.35. The molecule has 78 valence electrons. The summed E-state index contributed by atoms with van der Waals surface area (Å²) in [6, 6.07) is 0. The van der Waals surface area contributed by atoms with Crippen LogP contribution in [-0.2, 0) is 0 Å². The van der Waals surface area contributed by atoms with Gasteiger partial charge in [0.15, 0.2) is 0 Å². The molecule has 0 saturated heterocycles. The first-order chi connectivity index (χ1) is 5.97. The van der Waals surface area contributed by atoms with Crippen molar-refractivity contribution < 1.29 is 13.2 Å². The van der Waals surface area contributed by atoms with Crippen LogP contribution in [0.4, 0.5) is 13.2 Å². The van der Waals surface area contributed by atoms with Gasteiger partial charge in [-0.3, -0.25) is 0 Å². The third kappa shape index (κ3) is 3.35. The van der Waals surface area contributed by atoms with Gasteiger partial charge in [0.1, 0.15) is 0 Å². The van der Waals surface area contributed by atoms with Crippen LogP contribution in [0.3, 0.4) is 0 Å². The lowest BCUT2D eigenvalue weighted by Crippen LogP contribution is -2.48. The molecule has 0 amide bonds. The van der Waals surface area contributed by atoms with E-state index in [4.69, 9.17) is 11.6 Å². The fourth-order valence-corrected chi connectivity index (χ4v) is 2.06. The summed E-state index contributed by atoms with van der Waals surface area (Å²) >= 11 is 5.66. The molecule has 0 aromatic heterocycles. The highest BCUT2D eigenvalue weighted by Gasteiger charge is 2.37. The van der Waals surface area contributed by atoms with Crippen LogP contribution in [0, 0.1) is 0 Å². The number of halogens is 4. The molecular formula is C8H13ClF3N. The Morgan fingerprint density at radius 2 is 1.77 bits per heavy atom. The molecule has 0 aromatic rings. The van der Waals surface area contributed by atoms with Gasteiger partial charge >= 0.3 is 6.18 Å². The number of hydrogen-bond donors (Lipinski definition) is 1. The predicted molar refractivity (Wildman–Crippen MR) is 46.0 cm³/mol. The third-order valence-electron chi connectivity index (χ3n) is 2.48. The SMILES string of the molecule is FC(F)(F)CNC1(CCl)CCCC1. The summed E-state index contributed by atoms with van der Waals surface area (Å²) in [6.07, 6.45) is -0.685. The second-order valence-corrected chi connectivity index (χ2v) is 3.86. The topological polar surface area (TPSA) is 12.0 Å². The molecule has 0 radical (unpaired) electrons. The number of alkyl halides is 4. The molecule has 0 atom stereocenters. The van der Waals surface area contributed by atoms with Gasteiger partial charge in [-0.1, -0.05) is 12.8 Å². The molecule has 0 unspecified atom stereocenters. The van der Waals surface area contributed by atoms with E-state index in [0.717, 1.165) is 25.7 Å². The van der Waals surface area contributed by atoms with Gasteiger partial charge in [0.2, 0.25) is 0 Å². The summed E-state index contributed by atoms with van der Waals surface area (Å²) in [4.78, 5) is 0. The zero-order chi connectivity index (χ0) is 9.95. The molecule has 1 saturated carbocycles. The van der Waals surface area contributed by atoms with E-state index in [-0.39, 0.29) is 5.88 Å². The second-order valence-electron chi connectivity index (χ2n) is 3.59. The molecule has 13 heavy (non-hydrogen) atoms. The largest absolute Gasteiger partial charge is 0.401 e. The Morgan fingerprint density at radius 3 is 2.15 bits per heavy atom. The van der Waals surface area contributed by atoms with Crippen molar-refractivity contribution >= 4 is 11.6 Å². The van der Waals surface area contributed by atoms with Crippen molar-refractivity contribution in [2.45, 2.75) is 37.4 Å². The Balaban J connectivity index is 2.40. The van der Waals surface area contributed by atoms with Crippen LogP contribution in [0.15, 0.2) is 0 Å². The lowest BCUT2D eigenvalue weighted by Gasteiger charge is -2.28. The van der Waals surface area contributed by atoms with Gasteiger partial charge in [-0.25, -0.2) is 0 Å². The van der Waals surface area contributed by atoms with Crippen LogP contribution in [0.25, 0.3) is 0 Å². The highest BCUT2D eigenvalue weighted by atomic mass is 35.5. The molecule has 0 spiro atoms. The second kappa shape index (κ2) is 4.05. The summed E-state index contributed by atoms with van der Waals surface area (Å²) in [5.74, 6) is 0.267. The van der Waals surface area contributed by atoms with Crippen molar-refractivity contribution in [2.24, 2.45) is 0 Å². The minimum absolute atomic E-state index is 0.267. The normalized spacial score (nSPS) is 22.2. The van der Waals surface area contributed by atoms with Crippen LogP contribution in [0.2, 0.25) is 0 Å². The molecule has 1 rings (SSSR count). The van der Waals surface area contributed by atoms with E-state index < -0.39 is 18.3 Å². The molecule has 0 aliphatic heterocycles. The summed E-state index contributed by atoms with van der Waals surface area (Å²) in [6.45, 7) is -0.931.